The van der Waals surface area contributed by atoms with Crippen LogP contribution in [0, 0.1) is 16.2 Å². The molecular formula is C16H23N4O5S. The zero-order chi connectivity index (χ0) is 19.3. The Morgan fingerprint density at radius 1 is 1.35 bits per heavy atom. The summed E-state index contributed by atoms with van der Waals surface area (Å²) in [5.74, 6) is -0.806. The normalized spacial score (nSPS) is 16.4. The minimum Gasteiger partial charge on any atom is -0.351 e. The van der Waals surface area contributed by atoms with Crippen molar-refractivity contribution < 1.29 is 18.1 Å². The van der Waals surface area contributed by atoms with Crippen LogP contribution in [0.2, 0.25) is 0 Å². The average Bonchev–Trinajstić information content (AvgIpc) is 2.62. The Bertz CT molecular complexity index is 773. The fourth-order valence-electron chi connectivity index (χ4n) is 2.62. The minimum absolute atomic E-state index is 0.191. The molecule has 1 aromatic carbocycles. The van der Waals surface area contributed by atoms with E-state index >= 15 is 0 Å². The van der Waals surface area contributed by atoms with Crippen LogP contribution >= 0.6 is 0 Å². The van der Waals surface area contributed by atoms with Gasteiger partial charge in [0.25, 0.3) is 11.6 Å². The van der Waals surface area contributed by atoms with E-state index in [4.69, 9.17) is 0 Å². The molecule has 2 rings (SSSR count). The third kappa shape index (κ3) is 4.99. The Morgan fingerprint density at radius 3 is 2.58 bits per heavy atom. The number of amides is 1. The average molecular weight is 383 g/mol. The van der Waals surface area contributed by atoms with Crippen LogP contribution in [-0.4, -0.2) is 81.1 Å². The molecule has 143 valence electrons. The topological polar surface area (TPSA) is 113 Å². The first-order valence-electron chi connectivity index (χ1n) is 8.36. The van der Waals surface area contributed by atoms with E-state index in [1.54, 1.807) is 0 Å². The molecule has 0 atom stereocenters. The van der Waals surface area contributed by atoms with Gasteiger partial charge < -0.3 is 10.2 Å². The van der Waals surface area contributed by atoms with Crippen molar-refractivity contribution in [2.45, 2.75) is 11.8 Å². The summed E-state index contributed by atoms with van der Waals surface area (Å²) in [4.78, 5) is 26.9. The molecule has 26 heavy (non-hydrogen) atoms. The molecule has 1 heterocycles. The number of nitrogens with zero attached hydrogens (tertiary/aromatic N) is 3. The van der Waals surface area contributed by atoms with Gasteiger partial charge >= 0.3 is 0 Å². The number of carbonyl (C=O) groups is 1. The number of nitro groups is 1. The molecule has 1 aliphatic rings. The number of benzene rings is 1. The number of hydrogen-bond donors (Lipinski definition) is 1. The maximum absolute atomic E-state index is 12.3. The Labute approximate surface area is 153 Å². The first-order chi connectivity index (χ1) is 12.2. The molecule has 1 aliphatic heterocycles. The maximum atomic E-state index is 12.3. The van der Waals surface area contributed by atoms with Gasteiger partial charge in [-0.1, -0.05) is 6.92 Å². The SMILES string of the molecule is CCS(=O)(=O)c1[c]cc(C(=O)NCCN2CCN(C)CC2)c([N+](=O)[O-])c1. The highest BCUT2D eigenvalue weighted by molar-refractivity contribution is 7.91. The predicted molar refractivity (Wildman–Crippen MR) is 95.9 cm³/mol. The van der Waals surface area contributed by atoms with Crippen molar-refractivity contribution in [1.82, 2.24) is 15.1 Å². The van der Waals surface area contributed by atoms with E-state index in [0.29, 0.717) is 13.1 Å². The molecule has 0 aromatic heterocycles. The van der Waals surface area contributed by atoms with Gasteiger partial charge in [-0.15, -0.1) is 0 Å². The monoisotopic (exact) mass is 383 g/mol. The van der Waals surface area contributed by atoms with E-state index in [1.165, 1.54) is 6.92 Å². The van der Waals surface area contributed by atoms with Crippen molar-refractivity contribution in [2.75, 3.05) is 52.1 Å². The second-order valence-electron chi connectivity index (χ2n) is 6.16. The van der Waals surface area contributed by atoms with Gasteiger partial charge in [0.15, 0.2) is 9.84 Å². The lowest BCUT2D eigenvalue weighted by Gasteiger charge is -2.32. The van der Waals surface area contributed by atoms with Gasteiger partial charge in [-0.2, -0.15) is 0 Å². The lowest BCUT2D eigenvalue weighted by Crippen LogP contribution is -2.46. The van der Waals surface area contributed by atoms with Crippen molar-refractivity contribution in [3.63, 3.8) is 0 Å². The van der Waals surface area contributed by atoms with Gasteiger partial charge in [-0.25, -0.2) is 8.42 Å². The number of nitro benzene ring substituents is 1. The van der Waals surface area contributed by atoms with E-state index in [9.17, 15) is 23.3 Å². The third-order valence-electron chi connectivity index (χ3n) is 4.37. The lowest BCUT2D eigenvalue weighted by atomic mass is 10.1. The highest BCUT2D eigenvalue weighted by atomic mass is 32.2. The molecule has 1 saturated heterocycles. The molecule has 1 aromatic rings. The number of nitrogens with one attached hydrogen (secondary N) is 1. The van der Waals surface area contributed by atoms with Gasteiger partial charge in [0.05, 0.1) is 15.6 Å². The van der Waals surface area contributed by atoms with E-state index < -0.39 is 26.4 Å². The van der Waals surface area contributed by atoms with Gasteiger partial charge in [-0.05, 0) is 13.1 Å². The van der Waals surface area contributed by atoms with Crippen LogP contribution in [0.3, 0.4) is 0 Å². The second-order valence-corrected chi connectivity index (χ2v) is 8.40. The van der Waals surface area contributed by atoms with E-state index in [0.717, 1.165) is 38.3 Å². The smallest absolute Gasteiger partial charge is 0.283 e. The quantitative estimate of drug-likeness (QED) is 0.527. The number of rotatable bonds is 7. The van der Waals surface area contributed by atoms with Crippen LogP contribution in [0.5, 0.6) is 0 Å². The Balaban J connectivity index is 2.04. The van der Waals surface area contributed by atoms with Crippen molar-refractivity contribution in [3.8, 4) is 0 Å². The number of likely N-dealkylation sites (N-methyl/N-ethyl adjacent to an activating group) is 1. The van der Waals surface area contributed by atoms with Crippen molar-refractivity contribution in [1.29, 1.82) is 0 Å². The van der Waals surface area contributed by atoms with E-state index in [1.807, 2.05) is 0 Å². The van der Waals surface area contributed by atoms with Crippen LogP contribution in [0.4, 0.5) is 5.69 Å². The number of piperazine rings is 1. The molecule has 10 heteroatoms. The van der Waals surface area contributed by atoms with Crippen molar-refractivity contribution in [2.24, 2.45) is 0 Å². The van der Waals surface area contributed by atoms with Gasteiger partial charge in [0.2, 0.25) is 0 Å². The van der Waals surface area contributed by atoms with Crippen molar-refractivity contribution >= 4 is 21.4 Å². The van der Waals surface area contributed by atoms with Crippen molar-refractivity contribution in [3.05, 3.63) is 33.9 Å². The molecule has 1 amide bonds. The molecule has 1 N–H and O–H groups in total. The summed E-state index contributed by atoms with van der Waals surface area (Å²) < 4.78 is 23.7. The van der Waals surface area contributed by atoms with Crippen LogP contribution in [-0.2, 0) is 9.84 Å². The summed E-state index contributed by atoms with van der Waals surface area (Å²) in [5.41, 5.74) is -0.726. The summed E-state index contributed by atoms with van der Waals surface area (Å²) in [6, 6.07) is 4.45. The molecule has 9 nitrogen and oxygen atoms in total. The van der Waals surface area contributed by atoms with Crippen LogP contribution < -0.4 is 5.32 Å². The first-order valence-corrected chi connectivity index (χ1v) is 10.0. The number of carbonyl (C=O) groups excluding carboxylic acids is 1. The molecular weight excluding hydrogens is 360 g/mol. The molecule has 0 aliphatic carbocycles. The molecule has 1 radical (unpaired) electrons. The summed E-state index contributed by atoms with van der Waals surface area (Å²) >= 11 is 0. The Hall–Kier alpha value is -2.04. The highest BCUT2D eigenvalue weighted by Gasteiger charge is 2.24. The predicted octanol–water partition coefficient (Wildman–Crippen LogP) is 0.166. The van der Waals surface area contributed by atoms with Gasteiger partial charge in [-0.3, -0.25) is 19.8 Å². The molecule has 0 unspecified atom stereocenters. The molecule has 0 spiro atoms. The number of sulfone groups is 1. The van der Waals surface area contributed by atoms with Gasteiger partial charge in [0.1, 0.15) is 5.56 Å². The molecule has 1 fully saturated rings. The molecule has 0 bridgehead atoms. The summed E-state index contributed by atoms with van der Waals surface area (Å²) in [6.45, 7) is 6.18. The Morgan fingerprint density at radius 2 is 2.00 bits per heavy atom. The summed E-state index contributed by atoms with van der Waals surface area (Å²) in [7, 11) is -1.58. The summed E-state index contributed by atoms with van der Waals surface area (Å²) in [6.07, 6.45) is 0. The lowest BCUT2D eigenvalue weighted by molar-refractivity contribution is -0.385. The molecule has 0 saturated carbocycles. The minimum atomic E-state index is -3.64. The standard InChI is InChI=1S/C16H23N4O5S/c1-3-26(24,25)13-4-5-14(15(12-13)20(22)23)16(21)17-6-7-19-10-8-18(2)9-11-19/h5,12H,3,6-11H2,1-2H3,(H,17,21). The van der Waals surface area contributed by atoms with Gasteiger partial charge in [0, 0.05) is 51.4 Å². The van der Waals surface area contributed by atoms with Crippen LogP contribution in [0.15, 0.2) is 17.0 Å². The highest BCUT2D eigenvalue weighted by Crippen LogP contribution is 2.23. The van der Waals surface area contributed by atoms with Crippen LogP contribution in [0.25, 0.3) is 0 Å². The fourth-order valence-corrected chi connectivity index (χ4v) is 3.46. The van der Waals surface area contributed by atoms with E-state index in [2.05, 4.69) is 28.2 Å². The first kappa shape index (κ1) is 20.3. The fraction of sp³-hybridized carbons (Fsp3) is 0.562. The second kappa shape index (κ2) is 8.56. The third-order valence-corrected chi connectivity index (χ3v) is 6.03. The zero-order valence-corrected chi connectivity index (χ0v) is 15.7. The largest absolute Gasteiger partial charge is 0.351 e. The zero-order valence-electron chi connectivity index (χ0n) is 14.9. The summed E-state index contributed by atoms with van der Waals surface area (Å²) in [5, 5.41) is 13.9. The maximum Gasteiger partial charge on any atom is 0.283 e. The van der Waals surface area contributed by atoms with E-state index in [-0.39, 0.29) is 16.2 Å². The van der Waals surface area contributed by atoms with Crippen LogP contribution in [0.1, 0.15) is 17.3 Å². The number of hydrogen-bond acceptors (Lipinski definition) is 7. The Kier molecular flexibility index (Phi) is 6.68.